The number of hydrogen-bond acceptors (Lipinski definition) is 5. The zero-order chi connectivity index (χ0) is 36.0. The molecule has 5 fully saturated rings. The first-order valence-electron chi connectivity index (χ1n) is 21.8. The average Bonchev–Trinajstić information content (AvgIpc) is 3.98. The van der Waals surface area contributed by atoms with Gasteiger partial charge in [-0.3, -0.25) is 4.79 Å². The van der Waals surface area contributed by atoms with E-state index in [4.69, 9.17) is 14.2 Å². The molecule has 0 aromatic carbocycles. The summed E-state index contributed by atoms with van der Waals surface area (Å²) in [6, 6.07) is 0. The highest BCUT2D eigenvalue weighted by molar-refractivity contribution is 5.85. The highest BCUT2D eigenvalue weighted by Crippen LogP contribution is 2.50. The smallest absolute Gasteiger partial charge is 0.142 e. The van der Waals surface area contributed by atoms with Crippen LogP contribution in [0.3, 0.4) is 0 Å². The van der Waals surface area contributed by atoms with Crippen LogP contribution in [0.15, 0.2) is 24.3 Å². The molecular weight excluding hydrogens is 633 g/mol. The minimum absolute atomic E-state index is 0.0383. The van der Waals surface area contributed by atoms with Gasteiger partial charge < -0.3 is 19.3 Å². The molecule has 6 atom stereocenters. The fourth-order valence-electron chi connectivity index (χ4n) is 11.9. The molecule has 7 rings (SSSR count). The first-order valence-corrected chi connectivity index (χ1v) is 21.8. The van der Waals surface area contributed by atoms with Crippen LogP contribution in [0.4, 0.5) is 0 Å². The predicted octanol–water partition coefficient (Wildman–Crippen LogP) is 10.3. The van der Waals surface area contributed by atoms with Crippen LogP contribution in [0.1, 0.15) is 151 Å². The fraction of sp³-hybridized carbons (Fsp3) is 0.891. The van der Waals surface area contributed by atoms with Crippen molar-refractivity contribution in [2.45, 2.75) is 180 Å². The Bertz CT molecular complexity index is 1210. The minimum atomic E-state index is -0.634. The number of rotatable bonds is 11. The number of fused-ring (bicyclic) bond motifs is 1. The van der Waals surface area contributed by atoms with Crippen molar-refractivity contribution in [3.63, 3.8) is 0 Å². The molecule has 288 valence electrons. The second-order valence-electron chi connectivity index (χ2n) is 20.3. The lowest BCUT2D eigenvalue weighted by Crippen LogP contribution is -2.51. The van der Waals surface area contributed by atoms with Crippen LogP contribution in [0.2, 0.25) is 0 Å². The van der Waals surface area contributed by atoms with Crippen molar-refractivity contribution in [3.05, 3.63) is 24.3 Å². The van der Waals surface area contributed by atoms with Gasteiger partial charge in [-0.1, -0.05) is 38.2 Å². The SMILES string of the molecule is CC(C)(OC1CC=C[C@H]2C(OC3CCC(C4CCC(C(C)(C)C(C)(C)O)CC4)CC3)COCC12)C1CCC(C(=O)C2C=CC(C3CC3)CC2)CC1. The van der Waals surface area contributed by atoms with Crippen LogP contribution < -0.4 is 0 Å². The Morgan fingerprint density at radius 2 is 1.29 bits per heavy atom. The van der Waals surface area contributed by atoms with Crippen LogP contribution >= 0.6 is 0 Å². The normalized spacial score (nSPS) is 41.2. The van der Waals surface area contributed by atoms with Crippen LogP contribution in [-0.4, -0.2) is 53.6 Å². The summed E-state index contributed by atoms with van der Waals surface area (Å²) in [6.45, 7) is 14.6. The Hall–Kier alpha value is -1.01. The number of ketones is 1. The molecule has 7 aliphatic rings. The lowest BCUT2D eigenvalue weighted by molar-refractivity contribution is -0.190. The number of carbonyl (C=O) groups is 1. The molecule has 4 saturated carbocycles. The van der Waals surface area contributed by atoms with E-state index in [-0.39, 0.29) is 35.1 Å². The van der Waals surface area contributed by atoms with E-state index in [2.05, 4.69) is 52.0 Å². The molecular formula is C46H74O5. The summed E-state index contributed by atoms with van der Waals surface area (Å²) in [5.74, 6) is 6.04. The molecule has 5 unspecified atom stereocenters. The Kier molecular flexibility index (Phi) is 11.7. The van der Waals surface area contributed by atoms with Crippen molar-refractivity contribution in [2.75, 3.05) is 13.2 Å². The largest absolute Gasteiger partial charge is 0.390 e. The molecule has 0 bridgehead atoms. The number of allylic oxidation sites excluding steroid dienone is 2. The van der Waals surface area contributed by atoms with Crippen LogP contribution in [0.25, 0.3) is 0 Å². The van der Waals surface area contributed by atoms with Gasteiger partial charge in [-0.25, -0.2) is 0 Å². The number of ether oxygens (including phenoxy) is 3. The summed E-state index contributed by atoms with van der Waals surface area (Å²) in [6.07, 6.45) is 30.4. The van der Waals surface area contributed by atoms with Crippen molar-refractivity contribution < 1.29 is 24.1 Å². The number of hydrogen-bond donors (Lipinski definition) is 1. The zero-order valence-corrected chi connectivity index (χ0v) is 33.3. The maximum absolute atomic E-state index is 13.5. The molecule has 1 aliphatic heterocycles. The van der Waals surface area contributed by atoms with E-state index in [1.54, 1.807) is 0 Å². The van der Waals surface area contributed by atoms with Crippen molar-refractivity contribution in [1.29, 1.82) is 0 Å². The summed E-state index contributed by atoms with van der Waals surface area (Å²) in [5.41, 5.74) is -0.888. The summed E-state index contributed by atoms with van der Waals surface area (Å²) in [4.78, 5) is 13.5. The molecule has 0 spiro atoms. The van der Waals surface area contributed by atoms with E-state index in [0.717, 1.165) is 68.8 Å². The van der Waals surface area contributed by atoms with Gasteiger partial charge in [0.25, 0.3) is 0 Å². The standard InChI is InChI=1S/C46H74O5/c1-44(2,46(5,6)48)36-22-16-32(17-23-36)33-20-26-38(27-21-33)50-42-29-49-28-40-39(42)8-7-9-41(40)51-45(3,4)37-24-18-35(19-25-37)43(47)34-14-12-31(13-15-34)30-10-11-30/h7-8,12,14,30-42,48H,9-11,13,15-29H2,1-6H3/t31?,32?,33?,34?,35?,36?,37?,38?,39-,40?,41?,42?/m1/s1. The molecule has 1 heterocycles. The van der Waals surface area contributed by atoms with Gasteiger partial charge in [0.1, 0.15) is 5.78 Å². The zero-order valence-electron chi connectivity index (χ0n) is 33.3. The molecule has 1 saturated heterocycles. The maximum atomic E-state index is 13.5. The van der Waals surface area contributed by atoms with Crippen molar-refractivity contribution in [2.24, 2.45) is 64.6 Å². The van der Waals surface area contributed by atoms with Crippen molar-refractivity contribution in [1.82, 2.24) is 0 Å². The Morgan fingerprint density at radius 3 is 1.90 bits per heavy atom. The molecule has 0 aromatic rings. The molecule has 5 nitrogen and oxygen atoms in total. The molecule has 6 aliphatic carbocycles. The Morgan fingerprint density at radius 1 is 0.667 bits per heavy atom. The second-order valence-corrected chi connectivity index (χ2v) is 20.3. The summed E-state index contributed by atoms with van der Waals surface area (Å²) >= 11 is 0. The van der Waals surface area contributed by atoms with E-state index in [9.17, 15) is 9.90 Å². The third kappa shape index (κ3) is 8.63. The predicted molar refractivity (Wildman–Crippen MR) is 205 cm³/mol. The molecule has 51 heavy (non-hydrogen) atoms. The van der Waals surface area contributed by atoms with E-state index < -0.39 is 5.60 Å². The van der Waals surface area contributed by atoms with Gasteiger partial charge in [-0.05, 0) is 178 Å². The Labute approximate surface area is 311 Å². The molecule has 5 heteroatoms. The summed E-state index contributed by atoms with van der Waals surface area (Å²) < 4.78 is 20.3. The lowest BCUT2D eigenvalue weighted by atomic mass is 9.60. The van der Waals surface area contributed by atoms with E-state index in [1.165, 1.54) is 70.6 Å². The highest BCUT2D eigenvalue weighted by atomic mass is 16.5. The van der Waals surface area contributed by atoms with Crippen LogP contribution in [0, 0.1) is 64.6 Å². The van der Waals surface area contributed by atoms with Gasteiger partial charge in [0.05, 0.1) is 42.7 Å². The number of aliphatic hydroxyl groups is 1. The number of Topliss-reactive ketones (excluding diaryl/α,β-unsaturated/α-hetero) is 1. The van der Waals surface area contributed by atoms with Crippen molar-refractivity contribution in [3.8, 4) is 0 Å². The molecule has 0 aromatic heterocycles. The Balaban J connectivity index is 0.857. The lowest BCUT2D eigenvalue weighted by Gasteiger charge is -2.48. The van der Waals surface area contributed by atoms with Gasteiger partial charge in [-0.2, -0.15) is 0 Å². The number of carbonyl (C=O) groups excluding carboxylic acids is 1. The summed E-state index contributed by atoms with van der Waals surface area (Å²) in [5, 5.41) is 10.8. The second kappa shape index (κ2) is 15.6. The van der Waals surface area contributed by atoms with Crippen molar-refractivity contribution >= 4 is 5.78 Å². The quantitative estimate of drug-likeness (QED) is 0.217. The van der Waals surface area contributed by atoms with Gasteiger partial charge in [0, 0.05) is 23.7 Å². The topological polar surface area (TPSA) is 65.0 Å². The van der Waals surface area contributed by atoms with Gasteiger partial charge in [-0.15, -0.1) is 0 Å². The van der Waals surface area contributed by atoms with Gasteiger partial charge >= 0.3 is 0 Å². The third-order valence-corrected chi connectivity index (χ3v) is 16.4. The van der Waals surface area contributed by atoms with Gasteiger partial charge in [0.15, 0.2) is 0 Å². The fourth-order valence-corrected chi connectivity index (χ4v) is 11.9. The van der Waals surface area contributed by atoms with Crippen LogP contribution in [0.5, 0.6) is 0 Å². The van der Waals surface area contributed by atoms with Gasteiger partial charge in [0.2, 0.25) is 0 Å². The molecule has 0 amide bonds. The van der Waals surface area contributed by atoms with Crippen LogP contribution in [-0.2, 0) is 19.0 Å². The first kappa shape index (κ1) is 38.3. The first-order chi connectivity index (χ1) is 24.3. The van der Waals surface area contributed by atoms with E-state index in [0.29, 0.717) is 42.2 Å². The van der Waals surface area contributed by atoms with E-state index >= 15 is 0 Å². The monoisotopic (exact) mass is 707 g/mol. The minimum Gasteiger partial charge on any atom is -0.390 e. The maximum Gasteiger partial charge on any atom is 0.142 e. The van der Waals surface area contributed by atoms with E-state index in [1.807, 2.05) is 13.8 Å². The average molecular weight is 707 g/mol. The summed E-state index contributed by atoms with van der Waals surface area (Å²) in [7, 11) is 0. The molecule has 0 radical (unpaired) electrons. The molecule has 1 N–H and O–H groups in total. The third-order valence-electron chi connectivity index (χ3n) is 16.4. The highest BCUT2D eigenvalue weighted by Gasteiger charge is 2.47.